The molecule has 0 fully saturated rings. The van der Waals surface area contributed by atoms with E-state index in [4.69, 9.17) is 35.7 Å². The highest BCUT2D eigenvalue weighted by atomic mass is 35.5. The van der Waals surface area contributed by atoms with Gasteiger partial charge >= 0.3 is 5.97 Å². The molecule has 0 bridgehead atoms. The summed E-state index contributed by atoms with van der Waals surface area (Å²) in [5.41, 5.74) is 0. The number of benzene rings is 2. The predicted molar refractivity (Wildman–Crippen MR) is 127 cm³/mol. The van der Waals surface area contributed by atoms with Crippen LogP contribution >= 0.6 is 34.3 Å². The number of carbonyl (C=O) groups is 2. The van der Waals surface area contributed by atoms with Crippen LogP contribution in [0.1, 0.15) is 19.3 Å². The topological polar surface area (TPSA) is 91.3 Å². The van der Waals surface area contributed by atoms with Crippen LogP contribution in [-0.4, -0.2) is 44.8 Å². The van der Waals surface area contributed by atoms with Crippen molar-refractivity contribution in [3.8, 4) is 23.0 Å². The van der Waals surface area contributed by atoms with Crippen LogP contribution in [0.25, 0.3) is 20.2 Å². The lowest BCUT2D eigenvalue weighted by atomic mass is 10.2. The third-order valence-corrected chi connectivity index (χ3v) is 7.08. The molecule has 2 heterocycles. The maximum absolute atomic E-state index is 14.0. The van der Waals surface area contributed by atoms with Gasteiger partial charge in [-0.05, 0) is 23.7 Å². The average molecular weight is 531 g/mol. The standard InChI is InChI=1S/C11H8ClFO3S.C11H9FO4S/c1-15-6-4-7-5(9(13)10(6)16-2)3-8(17-7)11(12)14;1-15-6-4-7-5(9(12)10(6)16-2)3-8(17-7)11(13)14/h3-4H,1-2H3;3-4H,1-2H3,(H,13,14). The highest BCUT2D eigenvalue weighted by molar-refractivity contribution is 7.22. The fourth-order valence-electron chi connectivity index (χ4n) is 3.08. The van der Waals surface area contributed by atoms with Crippen LogP contribution in [0.4, 0.5) is 8.78 Å². The van der Waals surface area contributed by atoms with Crippen LogP contribution in [0.5, 0.6) is 23.0 Å². The van der Waals surface area contributed by atoms with Crippen molar-refractivity contribution in [1.82, 2.24) is 0 Å². The summed E-state index contributed by atoms with van der Waals surface area (Å²) in [5, 5.41) is 8.78. The highest BCUT2D eigenvalue weighted by Gasteiger charge is 2.20. The molecule has 0 saturated carbocycles. The third kappa shape index (κ3) is 4.72. The number of thiophene rings is 2. The minimum atomic E-state index is -1.08. The Balaban J connectivity index is 0.000000191. The van der Waals surface area contributed by atoms with E-state index in [2.05, 4.69) is 0 Å². The number of carboxylic acid groups (broad SMARTS) is 1. The number of hydrogen-bond donors (Lipinski definition) is 1. The van der Waals surface area contributed by atoms with Crippen LogP contribution in [0, 0.1) is 11.6 Å². The predicted octanol–water partition coefficient (Wildman–Crippen LogP) is 6.19. The van der Waals surface area contributed by atoms with E-state index in [0.29, 0.717) is 14.8 Å². The van der Waals surface area contributed by atoms with Crippen LogP contribution in [0.2, 0.25) is 0 Å². The Morgan fingerprint density at radius 3 is 1.53 bits per heavy atom. The van der Waals surface area contributed by atoms with E-state index in [9.17, 15) is 18.4 Å². The van der Waals surface area contributed by atoms with Gasteiger partial charge in [0.1, 0.15) is 4.88 Å². The van der Waals surface area contributed by atoms with Gasteiger partial charge < -0.3 is 24.1 Å². The van der Waals surface area contributed by atoms with Crippen molar-refractivity contribution in [3.05, 3.63) is 45.7 Å². The van der Waals surface area contributed by atoms with Gasteiger partial charge in [0.25, 0.3) is 5.24 Å². The zero-order valence-corrected chi connectivity index (χ0v) is 20.5. The number of fused-ring (bicyclic) bond motifs is 2. The first-order valence-corrected chi connectivity index (χ1v) is 11.3. The van der Waals surface area contributed by atoms with Crippen molar-refractivity contribution < 1.29 is 42.4 Å². The summed E-state index contributed by atoms with van der Waals surface area (Å²) in [5.74, 6) is -1.71. The fraction of sp³-hybridized carbons (Fsp3) is 0.182. The molecule has 0 atom stereocenters. The molecule has 0 saturated heterocycles. The molecule has 0 radical (unpaired) electrons. The molecule has 12 heteroatoms. The van der Waals surface area contributed by atoms with E-state index in [1.54, 1.807) is 12.1 Å². The number of halogens is 3. The Morgan fingerprint density at radius 2 is 1.18 bits per heavy atom. The van der Waals surface area contributed by atoms with Gasteiger partial charge in [0, 0.05) is 32.3 Å². The van der Waals surface area contributed by atoms with Gasteiger partial charge in [-0.2, -0.15) is 0 Å². The summed E-state index contributed by atoms with van der Waals surface area (Å²) in [4.78, 5) is 22.2. The van der Waals surface area contributed by atoms with E-state index >= 15 is 0 Å². The van der Waals surface area contributed by atoms with Crippen molar-refractivity contribution in [3.63, 3.8) is 0 Å². The molecule has 0 aliphatic carbocycles. The number of methoxy groups -OCH3 is 4. The monoisotopic (exact) mass is 530 g/mol. The van der Waals surface area contributed by atoms with E-state index in [1.807, 2.05) is 0 Å². The summed E-state index contributed by atoms with van der Waals surface area (Å²) in [7, 11) is 5.50. The molecule has 0 spiro atoms. The van der Waals surface area contributed by atoms with E-state index in [-0.39, 0.29) is 38.1 Å². The largest absolute Gasteiger partial charge is 0.493 e. The maximum Gasteiger partial charge on any atom is 0.345 e. The first kappa shape index (κ1) is 25.5. The molecule has 0 amide bonds. The lowest BCUT2D eigenvalue weighted by Crippen LogP contribution is -1.93. The van der Waals surface area contributed by atoms with Gasteiger partial charge in [-0.3, -0.25) is 4.79 Å². The van der Waals surface area contributed by atoms with Crippen LogP contribution < -0.4 is 18.9 Å². The third-order valence-electron chi connectivity index (χ3n) is 4.62. The van der Waals surface area contributed by atoms with Crippen molar-refractivity contribution in [2.75, 3.05) is 28.4 Å². The van der Waals surface area contributed by atoms with Crippen molar-refractivity contribution in [2.45, 2.75) is 0 Å². The molecule has 7 nitrogen and oxygen atoms in total. The first-order valence-electron chi connectivity index (χ1n) is 9.27. The normalized spacial score (nSPS) is 10.6. The number of rotatable bonds is 6. The summed E-state index contributed by atoms with van der Waals surface area (Å²) in [6, 6.07) is 5.88. The van der Waals surface area contributed by atoms with E-state index in [1.165, 1.54) is 40.6 Å². The molecule has 4 rings (SSSR count). The molecule has 2 aromatic heterocycles. The lowest BCUT2D eigenvalue weighted by Gasteiger charge is -2.08. The first-order chi connectivity index (χ1) is 16.2. The number of hydrogen-bond acceptors (Lipinski definition) is 8. The van der Waals surface area contributed by atoms with Crippen LogP contribution in [-0.2, 0) is 0 Å². The van der Waals surface area contributed by atoms with Gasteiger partial charge in [0.2, 0.25) is 0 Å². The SMILES string of the molecule is COc1cc2sc(C(=O)Cl)cc2c(F)c1OC.COc1cc2sc(C(=O)O)cc2c(F)c1OC. The molecule has 1 N–H and O–H groups in total. The molecule has 4 aromatic rings. The number of carboxylic acids is 1. The van der Waals surface area contributed by atoms with Crippen molar-refractivity contribution >= 4 is 65.7 Å². The average Bonchev–Trinajstić information content (AvgIpc) is 3.44. The number of ether oxygens (including phenoxy) is 4. The lowest BCUT2D eigenvalue weighted by molar-refractivity contribution is 0.0702. The van der Waals surface area contributed by atoms with Crippen LogP contribution in [0.3, 0.4) is 0 Å². The minimum absolute atomic E-state index is 0.0188. The molecule has 34 heavy (non-hydrogen) atoms. The second-order valence-electron chi connectivity index (χ2n) is 6.48. The Hall–Kier alpha value is -3.15. The molecule has 0 aliphatic rings. The van der Waals surface area contributed by atoms with Gasteiger partial charge in [0.15, 0.2) is 34.6 Å². The van der Waals surface area contributed by atoms with Crippen LogP contribution in [0.15, 0.2) is 24.3 Å². The molecule has 2 aromatic carbocycles. The molecular formula is C22H17ClF2O7S2. The Kier molecular flexibility index (Phi) is 7.80. The van der Waals surface area contributed by atoms with E-state index in [0.717, 1.165) is 22.7 Å². The summed E-state index contributed by atoms with van der Waals surface area (Å²) in [6.07, 6.45) is 0. The van der Waals surface area contributed by atoms with Crippen molar-refractivity contribution in [2.24, 2.45) is 0 Å². The Bertz CT molecular complexity index is 1290. The number of carbonyl (C=O) groups excluding carboxylic acids is 1. The van der Waals surface area contributed by atoms with Gasteiger partial charge in [-0.1, -0.05) is 0 Å². The zero-order chi connectivity index (χ0) is 25.2. The second-order valence-corrected chi connectivity index (χ2v) is 8.99. The molecule has 0 aliphatic heterocycles. The molecule has 180 valence electrons. The summed E-state index contributed by atoms with van der Waals surface area (Å²) < 4.78 is 49.0. The minimum Gasteiger partial charge on any atom is -0.493 e. The van der Waals surface area contributed by atoms with E-state index < -0.39 is 22.8 Å². The van der Waals surface area contributed by atoms with Gasteiger partial charge in [-0.15, -0.1) is 22.7 Å². The molecule has 0 unspecified atom stereocenters. The molecular weight excluding hydrogens is 514 g/mol. The maximum atomic E-state index is 14.0. The smallest absolute Gasteiger partial charge is 0.345 e. The fourth-order valence-corrected chi connectivity index (χ4v) is 5.10. The summed E-state index contributed by atoms with van der Waals surface area (Å²) >= 11 is 7.47. The summed E-state index contributed by atoms with van der Waals surface area (Å²) in [6.45, 7) is 0. The van der Waals surface area contributed by atoms with Gasteiger partial charge in [0.05, 0.1) is 33.3 Å². The number of aromatic carboxylic acids is 1. The van der Waals surface area contributed by atoms with Crippen molar-refractivity contribution in [1.29, 1.82) is 0 Å². The quantitative estimate of drug-likeness (QED) is 0.297. The Labute approximate surface area is 205 Å². The van der Waals surface area contributed by atoms with Gasteiger partial charge in [-0.25, -0.2) is 13.6 Å². The zero-order valence-electron chi connectivity index (χ0n) is 18.2. The highest BCUT2D eigenvalue weighted by Crippen LogP contribution is 2.41. The Morgan fingerprint density at radius 1 is 0.765 bits per heavy atom. The second kappa shape index (κ2) is 10.4.